The number of hydrogen-bond acceptors (Lipinski definition) is 4. The van der Waals surface area contributed by atoms with E-state index >= 15 is 0 Å². The molecule has 2 amide bonds. The minimum atomic E-state index is -0.469. The Bertz CT molecular complexity index is 793. The van der Waals surface area contributed by atoms with Gasteiger partial charge in [-0.05, 0) is 54.0 Å². The summed E-state index contributed by atoms with van der Waals surface area (Å²) in [6.45, 7) is 4.21. The van der Waals surface area contributed by atoms with Gasteiger partial charge in [0.1, 0.15) is 0 Å². The SMILES string of the molecule is CCOc1c(Br)cc(C(=O)NNC(=O)c2cccc(C)c2)cc1OC. The molecular weight excluding hydrogens is 388 g/mol. The molecule has 0 unspecified atom stereocenters. The number of hydrogen-bond donors (Lipinski definition) is 2. The second-order valence-corrected chi connectivity index (χ2v) is 6.05. The molecule has 0 bridgehead atoms. The molecule has 25 heavy (non-hydrogen) atoms. The second kappa shape index (κ2) is 8.53. The van der Waals surface area contributed by atoms with Crippen molar-refractivity contribution in [2.24, 2.45) is 0 Å². The monoisotopic (exact) mass is 406 g/mol. The quantitative estimate of drug-likeness (QED) is 0.747. The van der Waals surface area contributed by atoms with Gasteiger partial charge < -0.3 is 9.47 Å². The molecular formula is C18H19BrN2O4. The van der Waals surface area contributed by atoms with Gasteiger partial charge in [0, 0.05) is 11.1 Å². The Labute approximate surface area is 154 Å². The predicted molar refractivity (Wildman–Crippen MR) is 98.0 cm³/mol. The van der Waals surface area contributed by atoms with E-state index in [4.69, 9.17) is 9.47 Å². The van der Waals surface area contributed by atoms with Gasteiger partial charge >= 0.3 is 0 Å². The number of nitrogens with one attached hydrogen (secondary N) is 2. The number of hydrazine groups is 1. The first-order valence-electron chi connectivity index (χ1n) is 7.64. The Morgan fingerprint density at radius 3 is 2.36 bits per heavy atom. The molecule has 0 heterocycles. The Balaban J connectivity index is 2.10. The second-order valence-electron chi connectivity index (χ2n) is 5.20. The van der Waals surface area contributed by atoms with Gasteiger partial charge in [0.05, 0.1) is 18.2 Å². The zero-order valence-electron chi connectivity index (χ0n) is 14.2. The smallest absolute Gasteiger partial charge is 0.269 e. The highest BCUT2D eigenvalue weighted by atomic mass is 79.9. The van der Waals surface area contributed by atoms with E-state index < -0.39 is 11.8 Å². The van der Waals surface area contributed by atoms with Crippen LogP contribution in [0.4, 0.5) is 0 Å². The van der Waals surface area contributed by atoms with Gasteiger partial charge in [0.2, 0.25) is 0 Å². The fraction of sp³-hybridized carbons (Fsp3) is 0.222. The average molecular weight is 407 g/mol. The Kier molecular flexibility index (Phi) is 6.41. The molecule has 0 radical (unpaired) electrons. The molecule has 2 N–H and O–H groups in total. The van der Waals surface area contributed by atoms with Gasteiger partial charge in [-0.3, -0.25) is 20.4 Å². The first kappa shape index (κ1) is 18.8. The molecule has 132 valence electrons. The third-order valence-corrected chi connectivity index (χ3v) is 3.94. The van der Waals surface area contributed by atoms with Crippen LogP contribution in [0.1, 0.15) is 33.2 Å². The van der Waals surface area contributed by atoms with E-state index in [1.165, 1.54) is 7.11 Å². The molecule has 2 aromatic rings. The first-order chi connectivity index (χ1) is 12.0. The standard InChI is InChI=1S/C18H19BrN2O4/c1-4-25-16-14(19)9-13(10-15(16)24-3)18(23)21-20-17(22)12-7-5-6-11(2)8-12/h5-10H,4H2,1-3H3,(H,20,22)(H,21,23). The summed E-state index contributed by atoms with van der Waals surface area (Å²) in [5.41, 5.74) is 6.52. The molecule has 0 aliphatic heterocycles. The summed E-state index contributed by atoms with van der Waals surface area (Å²) in [7, 11) is 1.49. The van der Waals surface area contributed by atoms with Crippen molar-refractivity contribution in [2.75, 3.05) is 13.7 Å². The molecule has 0 atom stereocenters. The van der Waals surface area contributed by atoms with Crippen molar-refractivity contribution in [1.82, 2.24) is 10.9 Å². The van der Waals surface area contributed by atoms with Crippen molar-refractivity contribution in [2.45, 2.75) is 13.8 Å². The van der Waals surface area contributed by atoms with Crippen LogP contribution in [0.25, 0.3) is 0 Å². The van der Waals surface area contributed by atoms with Crippen LogP contribution in [-0.4, -0.2) is 25.5 Å². The molecule has 0 aliphatic rings. The van der Waals surface area contributed by atoms with Crippen LogP contribution in [0.15, 0.2) is 40.9 Å². The van der Waals surface area contributed by atoms with Crippen LogP contribution >= 0.6 is 15.9 Å². The lowest BCUT2D eigenvalue weighted by Crippen LogP contribution is -2.41. The van der Waals surface area contributed by atoms with Gasteiger partial charge in [-0.1, -0.05) is 17.7 Å². The number of methoxy groups -OCH3 is 1. The number of amides is 2. The van der Waals surface area contributed by atoms with E-state index in [1.54, 1.807) is 30.3 Å². The van der Waals surface area contributed by atoms with Gasteiger partial charge in [0.25, 0.3) is 11.8 Å². The van der Waals surface area contributed by atoms with E-state index in [9.17, 15) is 9.59 Å². The van der Waals surface area contributed by atoms with Crippen LogP contribution in [0, 0.1) is 6.92 Å². The number of carbonyl (C=O) groups is 2. The molecule has 0 fully saturated rings. The van der Waals surface area contributed by atoms with Crippen molar-refractivity contribution in [3.05, 3.63) is 57.6 Å². The zero-order chi connectivity index (χ0) is 18.4. The van der Waals surface area contributed by atoms with Gasteiger partial charge in [-0.2, -0.15) is 0 Å². The number of ether oxygens (including phenoxy) is 2. The summed E-state index contributed by atoms with van der Waals surface area (Å²) >= 11 is 3.36. The summed E-state index contributed by atoms with van der Waals surface area (Å²) in [5, 5.41) is 0. The molecule has 0 saturated heterocycles. The molecule has 0 spiro atoms. The van der Waals surface area contributed by atoms with Crippen molar-refractivity contribution < 1.29 is 19.1 Å². The number of benzene rings is 2. The van der Waals surface area contributed by atoms with Crippen molar-refractivity contribution in [3.8, 4) is 11.5 Å². The molecule has 6 nitrogen and oxygen atoms in total. The van der Waals surface area contributed by atoms with Crippen molar-refractivity contribution in [1.29, 1.82) is 0 Å². The number of carbonyl (C=O) groups excluding carboxylic acids is 2. The predicted octanol–water partition coefficient (Wildman–Crippen LogP) is 3.24. The third kappa shape index (κ3) is 4.73. The number of halogens is 1. The minimum Gasteiger partial charge on any atom is -0.493 e. The summed E-state index contributed by atoms with van der Waals surface area (Å²) < 4.78 is 11.3. The van der Waals surface area contributed by atoms with Gasteiger partial charge in [-0.15, -0.1) is 0 Å². The molecule has 0 aliphatic carbocycles. The van der Waals surface area contributed by atoms with Gasteiger partial charge in [0.15, 0.2) is 11.5 Å². The molecule has 0 saturated carbocycles. The van der Waals surface area contributed by atoms with E-state index in [0.29, 0.717) is 33.7 Å². The maximum Gasteiger partial charge on any atom is 0.269 e. The number of aryl methyl sites for hydroxylation is 1. The highest BCUT2D eigenvalue weighted by Gasteiger charge is 2.16. The Morgan fingerprint density at radius 2 is 1.76 bits per heavy atom. The normalized spacial score (nSPS) is 10.1. The maximum absolute atomic E-state index is 12.3. The average Bonchev–Trinajstić information content (AvgIpc) is 2.60. The largest absolute Gasteiger partial charge is 0.493 e. The molecule has 2 rings (SSSR count). The lowest BCUT2D eigenvalue weighted by molar-refractivity contribution is 0.0846. The topological polar surface area (TPSA) is 76.7 Å². The summed E-state index contributed by atoms with van der Waals surface area (Å²) in [6, 6.07) is 10.2. The summed E-state index contributed by atoms with van der Waals surface area (Å²) in [6.07, 6.45) is 0. The summed E-state index contributed by atoms with van der Waals surface area (Å²) in [4.78, 5) is 24.4. The fourth-order valence-electron chi connectivity index (χ4n) is 2.18. The molecule has 0 aromatic heterocycles. The lowest BCUT2D eigenvalue weighted by atomic mass is 10.1. The lowest BCUT2D eigenvalue weighted by Gasteiger charge is -2.13. The van der Waals surface area contributed by atoms with Crippen LogP contribution < -0.4 is 20.3 Å². The highest BCUT2D eigenvalue weighted by molar-refractivity contribution is 9.10. The van der Waals surface area contributed by atoms with Gasteiger partial charge in [-0.25, -0.2) is 0 Å². The van der Waals surface area contributed by atoms with Crippen LogP contribution in [0.3, 0.4) is 0 Å². The Morgan fingerprint density at radius 1 is 1.08 bits per heavy atom. The Hall–Kier alpha value is -2.54. The highest BCUT2D eigenvalue weighted by Crippen LogP contribution is 2.36. The van der Waals surface area contributed by atoms with Crippen molar-refractivity contribution >= 4 is 27.7 Å². The maximum atomic E-state index is 12.3. The minimum absolute atomic E-state index is 0.316. The fourth-order valence-corrected chi connectivity index (χ4v) is 2.74. The van der Waals surface area contributed by atoms with E-state index in [-0.39, 0.29) is 0 Å². The first-order valence-corrected chi connectivity index (χ1v) is 8.43. The zero-order valence-corrected chi connectivity index (χ0v) is 15.8. The number of rotatable bonds is 5. The van der Waals surface area contributed by atoms with Crippen molar-refractivity contribution in [3.63, 3.8) is 0 Å². The van der Waals surface area contributed by atoms with E-state index in [1.807, 2.05) is 19.9 Å². The molecule has 7 heteroatoms. The van der Waals surface area contributed by atoms with Crippen LogP contribution in [-0.2, 0) is 0 Å². The van der Waals surface area contributed by atoms with E-state index in [0.717, 1.165) is 5.56 Å². The van der Waals surface area contributed by atoms with E-state index in [2.05, 4.69) is 26.8 Å². The third-order valence-electron chi connectivity index (χ3n) is 3.35. The summed E-state index contributed by atoms with van der Waals surface area (Å²) in [5.74, 6) is 0.0776. The van der Waals surface area contributed by atoms with Crippen LogP contribution in [0.5, 0.6) is 11.5 Å². The van der Waals surface area contributed by atoms with Crippen LogP contribution in [0.2, 0.25) is 0 Å². The molecule has 2 aromatic carbocycles.